The first-order valence-corrected chi connectivity index (χ1v) is 8.95. The molecule has 146 valence electrons. The normalized spacial score (nSPS) is 12.5. The second-order valence-electron chi connectivity index (χ2n) is 6.67. The van der Waals surface area contributed by atoms with Gasteiger partial charge in [-0.3, -0.25) is 0 Å². The molecule has 0 spiro atoms. The fraction of sp³-hybridized carbons (Fsp3) is 0.150. The molecule has 0 atom stereocenters. The third-order valence-electron chi connectivity index (χ3n) is 4.57. The molecule has 0 saturated heterocycles. The van der Waals surface area contributed by atoms with E-state index in [0.717, 1.165) is 5.56 Å². The highest BCUT2D eigenvalue weighted by molar-refractivity contribution is 5.57. The van der Waals surface area contributed by atoms with Crippen molar-refractivity contribution in [2.24, 2.45) is 0 Å². The summed E-state index contributed by atoms with van der Waals surface area (Å²) >= 11 is 0. The molecule has 0 fully saturated rings. The highest BCUT2D eigenvalue weighted by Crippen LogP contribution is 2.32. The smallest absolute Gasteiger partial charge is 0.353 e. The van der Waals surface area contributed by atoms with E-state index in [4.69, 9.17) is 9.47 Å². The molecule has 1 N–H and O–H groups in total. The summed E-state index contributed by atoms with van der Waals surface area (Å²) in [5.41, 5.74) is 2.30. The lowest BCUT2D eigenvalue weighted by molar-refractivity contribution is 0.174. The Hall–Kier alpha value is -3.88. The van der Waals surface area contributed by atoms with E-state index in [1.165, 1.54) is 21.2 Å². The first kappa shape index (κ1) is 17.2. The van der Waals surface area contributed by atoms with Gasteiger partial charge in [-0.15, -0.1) is 5.10 Å². The number of benzene rings is 2. The average molecular weight is 393 g/mol. The number of rotatable bonds is 4. The van der Waals surface area contributed by atoms with E-state index in [-0.39, 0.29) is 24.8 Å². The molecule has 9 heteroatoms. The number of hydrogen-bond acceptors (Lipinski definition) is 6. The molecule has 8 nitrogen and oxygen atoms in total. The zero-order valence-corrected chi connectivity index (χ0v) is 15.4. The molecule has 1 aliphatic rings. The summed E-state index contributed by atoms with van der Waals surface area (Å²) in [5.74, 6) is 1.30. The minimum atomic E-state index is -0.341. The Labute approximate surface area is 164 Å². The third kappa shape index (κ3) is 3.16. The maximum atomic E-state index is 13.2. The Balaban J connectivity index is 1.53. The van der Waals surface area contributed by atoms with Gasteiger partial charge in [0, 0.05) is 17.4 Å². The minimum absolute atomic E-state index is 0.191. The summed E-state index contributed by atoms with van der Waals surface area (Å²) < 4.78 is 26.6. The summed E-state index contributed by atoms with van der Waals surface area (Å²) in [6.07, 6.45) is 0. The average Bonchev–Trinajstić information content (AvgIpc) is 3.28. The van der Waals surface area contributed by atoms with Crippen molar-refractivity contribution in [2.45, 2.75) is 13.5 Å². The number of ether oxygens (including phenoxy) is 2. The van der Waals surface area contributed by atoms with E-state index < -0.39 is 0 Å². The summed E-state index contributed by atoms with van der Waals surface area (Å²) in [5, 5.41) is 7.50. The van der Waals surface area contributed by atoms with Gasteiger partial charge in [-0.05, 0) is 48.9 Å². The van der Waals surface area contributed by atoms with Gasteiger partial charge in [0.25, 0.3) is 0 Å². The largest absolute Gasteiger partial charge is 0.454 e. The Morgan fingerprint density at radius 2 is 1.90 bits per heavy atom. The monoisotopic (exact) mass is 393 g/mol. The van der Waals surface area contributed by atoms with Crippen molar-refractivity contribution in [3.63, 3.8) is 0 Å². The van der Waals surface area contributed by atoms with E-state index in [2.05, 4.69) is 15.4 Å². The van der Waals surface area contributed by atoms with Crippen LogP contribution in [0.1, 0.15) is 11.3 Å². The van der Waals surface area contributed by atoms with Gasteiger partial charge in [-0.2, -0.15) is 0 Å². The van der Waals surface area contributed by atoms with Crippen molar-refractivity contribution >= 4 is 17.3 Å². The standard InChI is InChI=1S/C20H16FN5O3/c1-12-8-18-24-25(10-13-2-7-16-17(9-13)29-11-28-16)20(27)26(18)19(22-12)23-15-5-3-14(21)4-6-15/h2-9H,10-11H2,1H3,(H,22,23). The third-order valence-corrected chi connectivity index (χ3v) is 4.57. The van der Waals surface area contributed by atoms with Gasteiger partial charge in [0.2, 0.25) is 12.7 Å². The van der Waals surface area contributed by atoms with Gasteiger partial charge >= 0.3 is 5.69 Å². The summed E-state index contributed by atoms with van der Waals surface area (Å²) in [6, 6.07) is 13.1. The van der Waals surface area contributed by atoms with Gasteiger partial charge < -0.3 is 14.8 Å². The molecular weight excluding hydrogens is 377 g/mol. The number of aryl methyl sites for hydroxylation is 1. The molecule has 0 radical (unpaired) electrons. The zero-order valence-electron chi connectivity index (χ0n) is 15.4. The number of nitrogens with one attached hydrogen (secondary N) is 1. The van der Waals surface area contributed by atoms with Crippen LogP contribution in [-0.4, -0.2) is 26.0 Å². The van der Waals surface area contributed by atoms with Gasteiger partial charge in [-0.1, -0.05) is 6.07 Å². The van der Waals surface area contributed by atoms with Crippen molar-refractivity contribution in [1.29, 1.82) is 0 Å². The highest BCUT2D eigenvalue weighted by Gasteiger charge is 2.16. The van der Waals surface area contributed by atoms with Gasteiger partial charge in [-0.25, -0.2) is 23.3 Å². The van der Waals surface area contributed by atoms with Gasteiger partial charge in [0.1, 0.15) is 5.82 Å². The topological polar surface area (TPSA) is 82.7 Å². The lowest BCUT2D eigenvalue weighted by atomic mass is 10.2. The van der Waals surface area contributed by atoms with Crippen LogP contribution in [0.2, 0.25) is 0 Å². The van der Waals surface area contributed by atoms with Crippen LogP contribution in [0.5, 0.6) is 11.5 Å². The Kier molecular flexibility index (Phi) is 3.94. The predicted molar refractivity (Wildman–Crippen MR) is 103 cm³/mol. The maximum absolute atomic E-state index is 13.2. The number of fused-ring (bicyclic) bond motifs is 2. The Bertz CT molecular complexity index is 1280. The molecule has 29 heavy (non-hydrogen) atoms. The first-order chi connectivity index (χ1) is 14.1. The minimum Gasteiger partial charge on any atom is -0.454 e. The number of nitrogens with zero attached hydrogens (tertiary/aromatic N) is 4. The molecular formula is C20H16FN5O3. The number of aromatic nitrogens is 4. The van der Waals surface area contributed by atoms with Crippen molar-refractivity contribution in [3.05, 3.63) is 76.1 Å². The van der Waals surface area contributed by atoms with Crippen LogP contribution in [0.15, 0.2) is 53.3 Å². The number of anilines is 2. The molecule has 2 aromatic carbocycles. The van der Waals surface area contributed by atoms with Crippen molar-refractivity contribution in [2.75, 3.05) is 12.1 Å². The Morgan fingerprint density at radius 1 is 1.10 bits per heavy atom. The zero-order chi connectivity index (χ0) is 20.0. The lowest BCUT2D eigenvalue weighted by Gasteiger charge is -2.07. The molecule has 3 heterocycles. The number of halogens is 1. The molecule has 2 aromatic heterocycles. The summed E-state index contributed by atoms with van der Waals surface area (Å²) in [6.45, 7) is 2.28. The van der Waals surface area contributed by atoms with E-state index in [0.29, 0.717) is 34.5 Å². The van der Waals surface area contributed by atoms with Gasteiger partial charge in [0.15, 0.2) is 17.1 Å². The van der Waals surface area contributed by atoms with E-state index in [1.807, 2.05) is 25.1 Å². The van der Waals surface area contributed by atoms with Crippen LogP contribution in [0, 0.1) is 12.7 Å². The molecule has 0 bridgehead atoms. The fourth-order valence-corrected chi connectivity index (χ4v) is 3.21. The molecule has 0 aliphatic carbocycles. The Morgan fingerprint density at radius 3 is 2.72 bits per heavy atom. The first-order valence-electron chi connectivity index (χ1n) is 8.95. The maximum Gasteiger partial charge on any atom is 0.353 e. The second kappa shape index (κ2) is 6.62. The van der Waals surface area contributed by atoms with Gasteiger partial charge in [0.05, 0.1) is 6.54 Å². The molecule has 0 saturated carbocycles. The van der Waals surface area contributed by atoms with Crippen molar-refractivity contribution < 1.29 is 13.9 Å². The predicted octanol–water partition coefficient (Wildman–Crippen LogP) is 2.86. The van der Waals surface area contributed by atoms with Crippen LogP contribution in [0.4, 0.5) is 16.0 Å². The fourth-order valence-electron chi connectivity index (χ4n) is 3.21. The van der Waals surface area contributed by atoms with Crippen LogP contribution in [-0.2, 0) is 6.54 Å². The van der Waals surface area contributed by atoms with Crippen molar-refractivity contribution in [3.8, 4) is 11.5 Å². The molecule has 0 amide bonds. The molecule has 1 aliphatic heterocycles. The van der Waals surface area contributed by atoms with Crippen LogP contribution >= 0.6 is 0 Å². The SMILES string of the molecule is Cc1cc2nn(Cc3ccc4c(c3)OCO4)c(=O)n2c(Nc2ccc(F)cc2)n1. The quantitative estimate of drug-likeness (QED) is 0.574. The van der Waals surface area contributed by atoms with Crippen LogP contribution < -0.4 is 20.5 Å². The summed E-state index contributed by atoms with van der Waals surface area (Å²) in [4.78, 5) is 17.4. The van der Waals surface area contributed by atoms with Crippen molar-refractivity contribution in [1.82, 2.24) is 19.2 Å². The molecule has 0 unspecified atom stereocenters. The van der Waals surface area contributed by atoms with E-state index >= 15 is 0 Å². The van der Waals surface area contributed by atoms with Crippen LogP contribution in [0.25, 0.3) is 5.65 Å². The van der Waals surface area contributed by atoms with E-state index in [1.54, 1.807) is 18.2 Å². The summed E-state index contributed by atoms with van der Waals surface area (Å²) in [7, 11) is 0. The molecule has 5 rings (SSSR count). The lowest BCUT2D eigenvalue weighted by Crippen LogP contribution is -2.23. The highest BCUT2D eigenvalue weighted by atomic mass is 19.1. The number of hydrogen-bond donors (Lipinski definition) is 1. The molecule has 4 aromatic rings. The van der Waals surface area contributed by atoms with E-state index in [9.17, 15) is 9.18 Å². The van der Waals surface area contributed by atoms with Crippen LogP contribution in [0.3, 0.4) is 0 Å². The second-order valence-corrected chi connectivity index (χ2v) is 6.67.